The Labute approximate surface area is 155 Å². The first-order valence-corrected chi connectivity index (χ1v) is 9.37. The van der Waals surface area contributed by atoms with Gasteiger partial charge in [0.05, 0.1) is 13.2 Å². The topological polar surface area (TPSA) is 47.6 Å². The Hall–Kier alpha value is -2.49. The number of methoxy groups -OCH3 is 1. The van der Waals surface area contributed by atoms with Crippen molar-refractivity contribution in [3.05, 3.63) is 59.2 Å². The highest BCUT2D eigenvalue weighted by Crippen LogP contribution is 2.26. The van der Waals surface area contributed by atoms with Crippen molar-refractivity contribution in [1.82, 2.24) is 5.32 Å². The van der Waals surface area contributed by atoms with Gasteiger partial charge in [-0.25, -0.2) is 0 Å². The van der Waals surface area contributed by atoms with Crippen LogP contribution in [0.15, 0.2) is 42.5 Å². The summed E-state index contributed by atoms with van der Waals surface area (Å²) in [6.07, 6.45) is 5.72. The lowest BCUT2D eigenvalue weighted by molar-refractivity contribution is -0.123. The second kappa shape index (κ2) is 8.75. The zero-order valence-electron chi connectivity index (χ0n) is 15.6. The van der Waals surface area contributed by atoms with Crippen LogP contribution >= 0.6 is 0 Å². The van der Waals surface area contributed by atoms with Crippen LogP contribution in [0.5, 0.6) is 11.5 Å². The Morgan fingerprint density at radius 1 is 1.04 bits per heavy atom. The number of ether oxygens (including phenoxy) is 2. The molecule has 138 valence electrons. The fourth-order valence-corrected chi connectivity index (χ4v) is 3.45. The predicted molar refractivity (Wildman–Crippen MR) is 103 cm³/mol. The molecule has 1 amide bonds. The maximum Gasteiger partial charge on any atom is 0.258 e. The van der Waals surface area contributed by atoms with Gasteiger partial charge in [0, 0.05) is 0 Å². The second-order valence-electron chi connectivity index (χ2n) is 6.73. The first-order valence-electron chi connectivity index (χ1n) is 9.37. The first kappa shape index (κ1) is 18.3. The summed E-state index contributed by atoms with van der Waals surface area (Å²) in [7, 11) is 1.62. The fraction of sp³-hybridized carbons (Fsp3) is 0.409. The number of hydrogen-bond acceptors (Lipinski definition) is 3. The molecular weight excluding hydrogens is 326 g/mol. The largest absolute Gasteiger partial charge is 0.497 e. The van der Waals surface area contributed by atoms with Gasteiger partial charge < -0.3 is 14.8 Å². The van der Waals surface area contributed by atoms with Crippen molar-refractivity contribution in [3.63, 3.8) is 0 Å². The second-order valence-corrected chi connectivity index (χ2v) is 6.73. The van der Waals surface area contributed by atoms with Crippen LogP contribution in [0.4, 0.5) is 0 Å². The minimum absolute atomic E-state index is 0.00771. The molecule has 0 aromatic heterocycles. The molecule has 4 nitrogen and oxygen atoms in total. The Kier molecular flexibility index (Phi) is 6.16. The molecule has 0 saturated carbocycles. The van der Waals surface area contributed by atoms with Crippen molar-refractivity contribution >= 4 is 5.91 Å². The van der Waals surface area contributed by atoms with E-state index in [0.29, 0.717) is 5.75 Å². The van der Waals surface area contributed by atoms with Gasteiger partial charge in [0.25, 0.3) is 5.91 Å². The molecule has 0 unspecified atom stereocenters. The number of benzene rings is 2. The molecule has 3 rings (SSSR count). The van der Waals surface area contributed by atoms with Crippen LogP contribution in [0.1, 0.15) is 48.9 Å². The molecule has 0 spiro atoms. The fourth-order valence-electron chi connectivity index (χ4n) is 3.45. The van der Waals surface area contributed by atoms with Crippen LogP contribution in [0.2, 0.25) is 0 Å². The number of hydrogen-bond donors (Lipinski definition) is 1. The summed E-state index contributed by atoms with van der Waals surface area (Å²) in [4.78, 5) is 12.3. The maximum absolute atomic E-state index is 12.3. The lowest BCUT2D eigenvalue weighted by Crippen LogP contribution is -2.32. The summed E-state index contributed by atoms with van der Waals surface area (Å²) in [5, 5.41) is 3.09. The number of aryl methyl sites for hydroxylation is 2. The molecule has 2 aromatic rings. The van der Waals surface area contributed by atoms with Gasteiger partial charge >= 0.3 is 0 Å². The van der Waals surface area contributed by atoms with Gasteiger partial charge in [0.1, 0.15) is 11.5 Å². The zero-order chi connectivity index (χ0) is 18.4. The standard InChI is InChI=1S/C22H27NO3/c1-3-21(18-9-8-16-6-4-5-7-17(16)14-18)23-22(24)15-26-20-12-10-19(25-2)11-13-20/h8-14,21H,3-7,15H2,1-2H3,(H,23,24)/t21-/m1/s1. The molecule has 0 bridgehead atoms. The first-order chi connectivity index (χ1) is 12.7. The molecule has 0 radical (unpaired) electrons. The van der Waals surface area contributed by atoms with Crippen LogP contribution < -0.4 is 14.8 Å². The quantitative estimate of drug-likeness (QED) is 0.811. The Bertz CT molecular complexity index is 740. The van der Waals surface area contributed by atoms with Crippen LogP contribution in [0, 0.1) is 0 Å². The highest BCUT2D eigenvalue weighted by molar-refractivity contribution is 5.78. The third-order valence-electron chi connectivity index (χ3n) is 4.95. The van der Waals surface area contributed by atoms with Gasteiger partial charge in [0.2, 0.25) is 0 Å². The minimum atomic E-state index is -0.106. The Morgan fingerprint density at radius 2 is 1.73 bits per heavy atom. The highest BCUT2D eigenvalue weighted by Gasteiger charge is 2.16. The molecule has 4 heteroatoms. The van der Waals surface area contributed by atoms with E-state index in [2.05, 4.69) is 30.4 Å². The third kappa shape index (κ3) is 4.57. The zero-order valence-corrected chi connectivity index (χ0v) is 15.6. The van der Waals surface area contributed by atoms with E-state index in [1.165, 1.54) is 36.0 Å². The molecule has 0 fully saturated rings. The van der Waals surface area contributed by atoms with Crippen molar-refractivity contribution in [3.8, 4) is 11.5 Å². The summed E-state index contributed by atoms with van der Waals surface area (Å²) < 4.78 is 10.7. The predicted octanol–water partition coefficient (Wildman–Crippen LogP) is 4.22. The molecule has 1 aliphatic rings. The summed E-state index contributed by atoms with van der Waals surface area (Å²) in [6, 6.07) is 13.9. The van der Waals surface area contributed by atoms with Gasteiger partial charge in [-0.1, -0.05) is 25.1 Å². The van der Waals surface area contributed by atoms with E-state index in [1.54, 1.807) is 19.2 Å². The van der Waals surface area contributed by atoms with Gasteiger partial charge in [-0.05, 0) is 73.1 Å². The molecule has 26 heavy (non-hydrogen) atoms. The molecule has 1 atom stereocenters. The summed E-state index contributed by atoms with van der Waals surface area (Å²) in [5.41, 5.74) is 4.09. The maximum atomic E-state index is 12.3. The smallest absolute Gasteiger partial charge is 0.258 e. The number of carbonyl (C=O) groups is 1. The number of rotatable bonds is 7. The van der Waals surface area contributed by atoms with E-state index in [4.69, 9.17) is 9.47 Å². The molecular formula is C22H27NO3. The van der Waals surface area contributed by atoms with Crippen molar-refractivity contribution in [2.45, 2.75) is 45.1 Å². The van der Waals surface area contributed by atoms with E-state index in [0.717, 1.165) is 18.6 Å². The van der Waals surface area contributed by atoms with Crippen molar-refractivity contribution in [2.75, 3.05) is 13.7 Å². The van der Waals surface area contributed by atoms with E-state index in [9.17, 15) is 4.79 Å². The number of amides is 1. The van der Waals surface area contributed by atoms with Crippen molar-refractivity contribution < 1.29 is 14.3 Å². The Balaban J connectivity index is 1.57. The summed E-state index contributed by atoms with van der Waals surface area (Å²) >= 11 is 0. The van der Waals surface area contributed by atoms with Crippen LogP contribution in [0.3, 0.4) is 0 Å². The van der Waals surface area contributed by atoms with Gasteiger partial charge in [-0.2, -0.15) is 0 Å². The lowest BCUT2D eigenvalue weighted by Gasteiger charge is -2.21. The molecule has 1 N–H and O–H groups in total. The third-order valence-corrected chi connectivity index (χ3v) is 4.95. The number of carbonyl (C=O) groups excluding carboxylic acids is 1. The number of nitrogens with one attached hydrogen (secondary N) is 1. The molecule has 2 aromatic carbocycles. The average molecular weight is 353 g/mol. The number of fused-ring (bicyclic) bond motifs is 1. The normalized spacial score (nSPS) is 14.2. The molecule has 0 heterocycles. The highest BCUT2D eigenvalue weighted by atomic mass is 16.5. The molecule has 0 aliphatic heterocycles. The van der Waals surface area contributed by atoms with E-state index >= 15 is 0 Å². The van der Waals surface area contributed by atoms with E-state index in [1.807, 2.05) is 12.1 Å². The van der Waals surface area contributed by atoms with Crippen molar-refractivity contribution in [1.29, 1.82) is 0 Å². The van der Waals surface area contributed by atoms with Crippen LogP contribution in [0.25, 0.3) is 0 Å². The van der Waals surface area contributed by atoms with E-state index in [-0.39, 0.29) is 18.6 Å². The summed E-state index contributed by atoms with van der Waals surface area (Å²) in [5.74, 6) is 1.31. The van der Waals surface area contributed by atoms with Gasteiger partial charge in [0.15, 0.2) is 6.61 Å². The minimum Gasteiger partial charge on any atom is -0.497 e. The average Bonchev–Trinajstić information content (AvgIpc) is 2.70. The van der Waals surface area contributed by atoms with Crippen molar-refractivity contribution in [2.24, 2.45) is 0 Å². The van der Waals surface area contributed by atoms with Gasteiger partial charge in [-0.15, -0.1) is 0 Å². The summed E-state index contributed by atoms with van der Waals surface area (Å²) in [6.45, 7) is 2.10. The Morgan fingerprint density at radius 3 is 2.42 bits per heavy atom. The molecule has 1 aliphatic carbocycles. The van der Waals surface area contributed by atoms with E-state index < -0.39 is 0 Å². The monoisotopic (exact) mass is 353 g/mol. The molecule has 0 saturated heterocycles. The van der Waals surface area contributed by atoms with Crippen LogP contribution in [-0.4, -0.2) is 19.6 Å². The van der Waals surface area contributed by atoms with Crippen LogP contribution in [-0.2, 0) is 17.6 Å². The van der Waals surface area contributed by atoms with Gasteiger partial charge in [-0.3, -0.25) is 4.79 Å². The lowest BCUT2D eigenvalue weighted by atomic mass is 9.89. The SMILES string of the molecule is CC[C@@H](NC(=O)COc1ccc(OC)cc1)c1ccc2c(c1)CCCC2.